The van der Waals surface area contributed by atoms with E-state index < -0.39 is 11.9 Å². The molecule has 0 bridgehead atoms. The molecule has 0 spiro atoms. The zero-order chi connectivity index (χ0) is 10.6. The van der Waals surface area contributed by atoms with Crippen molar-refractivity contribution in [3.05, 3.63) is 24.3 Å². The van der Waals surface area contributed by atoms with Crippen molar-refractivity contribution >= 4 is 11.7 Å². The number of benzene rings is 1. The standard InChI is InChI=1S/C10H13NO3/c1-7(10(13)14)6-11-8-3-2-4-9(12)5-8/h2-5,7,11-12H,6H2,1H3,(H,13,14). The average molecular weight is 195 g/mol. The second-order valence-electron chi connectivity index (χ2n) is 3.17. The summed E-state index contributed by atoms with van der Waals surface area (Å²) in [6, 6.07) is 6.58. The number of carboxylic acid groups (broad SMARTS) is 1. The van der Waals surface area contributed by atoms with Gasteiger partial charge in [0, 0.05) is 18.3 Å². The summed E-state index contributed by atoms with van der Waals surface area (Å²) in [5.74, 6) is -1.12. The second-order valence-corrected chi connectivity index (χ2v) is 3.17. The number of carbonyl (C=O) groups is 1. The minimum absolute atomic E-state index is 0.165. The fourth-order valence-corrected chi connectivity index (χ4v) is 0.974. The third kappa shape index (κ3) is 2.97. The van der Waals surface area contributed by atoms with Gasteiger partial charge in [-0.2, -0.15) is 0 Å². The molecule has 0 saturated carbocycles. The van der Waals surface area contributed by atoms with Crippen molar-refractivity contribution in [3.63, 3.8) is 0 Å². The highest BCUT2D eigenvalue weighted by Crippen LogP contribution is 2.15. The first kappa shape index (κ1) is 10.4. The van der Waals surface area contributed by atoms with Crippen LogP contribution in [-0.4, -0.2) is 22.7 Å². The highest BCUT2D eigenvalue weighted by Gasteiger charge is 2.09. The Kier molecular flexibility index (Phi) is 3.34. The summed E-state index contributed by atoms with van der Waals surface area (Å²) >= 11 is 0. The van der Waals surface area contributed by atoms with Crippen molar-refractivity contribution in [2.24, 2.45) is 5.92 Å². The van der Waals surface area contributed by atoms with Crippen molar-refractivity contribution in [2.45, 2.75) is 6.92 Å². The molecule has 0 aliphatic carbocycles. The average Bonchev–Trinajstić information content (AvgIpc) is 2.14. The summed E-state index contributed by atoms with van der Waals surface area (Å²) < 4.78 is 0. The summed E-state index contributed by atoms with van der Waals surface area (Å²) in [5.41, 5.74) is 0.720. The fourth-order valence-electron chi connectivity index (χ4n) is 0.974. The minimum Gasteiger partial charge on any atom is -0.508 e. The molecule has 4 heteroatoms. The predicted molar refractivity (Wildman–Crippen MR) is 53.4 cm³/mol. The summed E-state index contributed by atoms with van der Waals surface area (Å²) in [4.78, 5) is 10.5. The van der Waals surface area contributed by atoms with Gasteiger partial charge in [0.25, 0.3) is 0 Å². The third-order valence-electron chi connectivity index (χ3n) is 1.88. The van der Waals surface area contributed by atoms with Crippen LogP contribution in [0.1, 0.15) is 6.92 Å². The molecule has 1 rings (SSSR count). The monoisotopic (exact) mass is 195 g/mol. The Labute approximate surface area is 82.2 Å². The van der Waals surface area contributed by atoms with Crippen LogP contribution >= 0.6 is 0 Å². The van der Waals surface area contributed by atoms with Crippen molar-refractivity contribution in [3.8, 4) is 5.75 Å². The SMILES string of the molecule is CC(CNc1cccc(O)c1)C(=O)O. The van der Waals surface area contributed by atoms with Gasteiger partial charge in [0.15, 0.2) is 0 Å². The smallest absolute Gasteiger partial charge is 0.308 e. The van der Waals surface area contributed by atoms with Gasteiger partial charge in [-0.1, -0.05) is 13.0 Å². The molecule has 0 amide bonds. The molecule has 3 N–H and O–H groups in total. The lowest BCUT2D eigenvalue weighted by molar-refractivity contribution is -0.140. The van der Waals surface area contributed by atoms with E-state index in [1.54, 1.807) is 31.2 Å². The van der Waals surface area contributed by atoms with Gasteiger partial charge < -0.3 is 15.5 Å². The molecule has 76 valence electrons. The topological polar surface area (TPSA) is 69.6 Å². The molecule has 0 radical (unpaired) electrons. The Morgan fingerprint density at radius 3 is 2.86 bits per heavy atom. The van der Waals surface area contributed by atoms with Gasteiger partial charge in [0.05, 0.1) is 5.92 Å². The maximum Gasteiger partial charge on any atom is 0.308 e. The number of hydrogen-bond acceptors (Lipinski definition) is 3. The highest BCUT2D eigenvalue weighted by atomic mass is 16.4. The molecular formula is C10H13NO3. The molecule has 0 aromatic heterocycles. The van der Waals surface area contributed by atoms with E-state index in [9.17, 15) is 4.79 Å². The molecule has 0 aliphatic heterocycles. The number of phenolic OH excluding ortho intramolecular Hbond substituents is 1. The zero-order valence-electron chi connectivity index (χ0n) is 7.90. The molecule has 1 aromatic carbocycles. The minimum atomic E-state index is -0.836. The highest BCUT2D eigenvalue weighted by molar-refractivity contribution is 5.70. The number of aliphatic carboxylic acids is 1. The van der Waals surface area contributed by atoms with E-state index in [1.165, 1.54) is 0 Å². The fraction of sp³-hybridized carbons (Fsp3) is 0.300. The number of rotatable bonds is 4. The number of nitrogens with one attached hydrogen (secondary N) is 1. The first-order valence-corrected chi connectivity index (χ1v) is 4.35. The Morgan fingerprint density at radius 1 is 1.57 bits per heavy atom. The zero-order valence-corrected chi connectivity index (χ0v) is 7.90. The van der Waals surface area contributed by atoms with Crippen LogP contribution < -0.4 is 5.32 Å². The Morgan fingerprint density at radius 2 is 2.29 bits per heavy atom. The molecule has 0 fully saturated rings. The van der Waals surface area contributed by atoms with Crippen molar-refractivity contribution in [1.82, 2.24) is 0 Å². The number of aromatic hydroxyl groups is 1. The van der Waals surface area contributed by atoms with E-state index in [0.717, 1.165) is 5.69 Å². The molecule has 0 saturated heterocycles. The lowest BCUT2D eigenvalue weighted by atomic mass is 10.2. The molecule has 0 heterocycles. The molecular weight excluding hydrogens is 182 g/mol. The molecule has 1 unspecified atom stereocenters. The molecule has 4 nitrogen and oxygen atoms in total. The van der Waals surface area contributed by atoms with Gasteiger partial charge in [-0.05, 0) is 12.1 Å². The van der Waals surface area contributed by atoms with Crippen molar-refractivity contribution in [2.75, 3.05) is 11.9 Å². The Hall–Kier alpha value is -1.71. The number of hydrogen-bond donors (Lipinski definition) is 3. The van der Waals surface area contributed by atoms with Gasteiger partial charge in [0.1, 0.15) is 5.75 Å². The summed E-state index contributed by atoms with van der Waals surface area (Å²) in [7, 11) is 0. The molecule has 1 atom stereocenters. The van der Waals surface area contributed by atoms with Gasteiger partial charge in [-0.25, -0.2) is 0 Å². The first-order valence-electron chi connectivity index (χ1n) is 4.35. The Balaban J connectivity index is 2.49. The second kappa shape index (κ2) is 4.50. The largest absolute Gasteiger partial charge is 0.508 e. The number of phenols is 1. The maximum atomic E-state index is 10.5. The summed E-state index contributed by atoms with van der Waals surface area (Å²) in [6.45, 7) is 1.97. The lowest BCUT2D eigenvalue weighted by Gasteiger charge is -2.09. The van der Waals surface area contributed by atoms with Crippen LogP contribution in [0.15, 0.2) is 24.3 Å². The van der Waals surface area contributed by atoms with Crippen LogP contribution in [0, 0.1) is 5.92 Å². The van der Waals surface area contributed by atoms with E-state index in [1.807, 2.05) is 0 Å². The van der Waals surface area contributed by atoms with Gasteiger partial charge >= 0.3 is 5.97 Å². The lowest BCUT2D eigenvalue weighted by Crippen LogP contribution is -2.19. The molecule has 0 aliphatic rings. The van der Waals surface area contributed by atoms with E-state index >= 15 is 0 Å². The number of anilines is 1. The normalized spacial score (nSPS) is 12.1. The predicted octanol–water partition coefficient (Wildman–Crippen LogP) is 1.52. The summed E-state index contributed by atoms with van der Waals surface area (Å²) in [5, 5.41) is 20.7. The van der Waals surface area contributed by atoms with Crippen LogP contribution in [0.4, 0.5) is 5.69 Å². The van der Waals surface area contributed by atoms with Crippen LogP contribution in [0.2, 0.25) is 0 Å². The van der Waals surface area contributed by atoms with E-state index in [-0.39, 0.29) is 5.75 Å². The maximum absolute atomic E-state index is 10.5. The molecule has 1 aromatic rings. The van der Waals surface area contributed by atoms with Crippen LogP contribution in [0.25, 0.3) is 0 Å². The van der Waals surface area contributed by atoms with E-state index in [4.69, 9.17) is 10.2 Å². The third-order valence-corrected chi connectivity index (χ3v) is 1.88. The number of carboxylic acids is 1. The van der Waals surface area contributed by atoms with E-state index in [0.29, 0.717) is 6.54 Å². The first-order chi connectivity index (χ1) is 6.59. The van der Waals surface area contributed by atoms with Crippen LogP contribution in [-0.2, 0) is 4.79 Å². The summed E-state index contributed by atoms with van der Waals surface area (Å²) in [6.07, 6.45) is 0. The van der Waals surface area contributed by atoms with Crippen molar-refractivity contribution in [1.29, 1.82) is 0 Å². The van der Waals surface area contributed by atoms with Gasteiger partial charge in [0.2, 0.25) is 0 Å². The van der Waals surface area contributed by atoms with Crippen LogP contribution in [0.5, 0.6) is 5.75 Å². The van der Waals surface area contributed by atoms with Gasteiger partial charge in [-0.15, -0.1) is 0 Å². The quantitative estimate of drug-likeness (QED) is 0.681. The van der Waals surface area contributed by atoms with Crippen molar-refractivity contribution < 1.29 is 15.0 Å². The Bertz CT molecular complexity index is 325. The van der Waals surface area contributed by atoms with E-state index in [2.05, 4.69) is 5.32 Å². The van der Waals surface area contributed by atoms with Crippen LogP contribution in [0.3, 0.4) is 0 Å². The van der Waals surface area contributed by atoms with Gasteiger partial charge in [-0.3, -0.25) is 4.79 Å². The molecule has 14 heavy (non-hydrogen) atoms.